The number of hydrogen-bond donors (Lipinski definition) is 2. The quantitative estimate of drug-likeness (QED) is 0.832. The van der Waals surface area contributed by atoms with Gasteiger partial charge in [-0.1, -0.05) is 0 Å². The molecule has 0 aromatic carbocycles. The van der Waals surface area contributed by atoms with Gasteiger partial charge in [-0.25, -0.2) is 0 Å². The van der Waals surface area contributed by atoms with E-state index in [1.807, 2.05) is 20.8 Å². The van der Waals surface area contributed by atoms with Crippen molar-refractivity contribution in [2.45, 2.75) is 45.4 Å². The molecule has 2 unspecified atom stereocenters. The summed E-state index contributed by atoms with van der Waals surface area (Å²) in [5, 5.41) is 17.3. The molecule has 2 rings (SSSR count). The lowest BCUT2D eigenvalue weighted by Gasteiger charge is -2.26. The topological polar surface area (TPSA) is 76.4 Å². The monoisotopic (exact) mass is 267 g/mol. The van der Waals surface area contributed by atoms with E-state index in [0.29, 0.717) is 25.3 Å². The summed E-state index contributed by atoms with van der Waals surface area (Å²) >= 11 is 0. The molecule has 2 atom stereocenters. The largest absolute Gasteiger partial charge is 0.385 e. The van der Waals surface area contributed by atoms with Crippen LogP contribution in [0.25, 0.3) is 0 Å². The molecule has 0 aliphatic carbocycles. The van der Waals surface area contributed by atoms with Crippen LogP contribution in [0.15, 0.2) is 6.07 Å². The van der Waals surface area contributed by atoms with E-state index in [1.165, 1.54) is 0 Å². The number of amides is 1. The van der Waals surface area contributed by atoms with Crippen molar-refractivity contribution >= 4 is 5.91 Å². The number of nitrogens with one attached hydrogen (secondary N) is 1. The first-order valence-corrected chi connectivity index (χ1v) is 6.63. The van der Waals surface area contributed by atoms with Crippen LogP contribution in [-0.2, 0) is 11.3 Å². The number of carbonyl (C=O) groups excluding carboxylic acids is 1. The first-order valence-electron chi connectivity index (χ1n) is 6.63. The molecular formula is C13H21N3O3. The molecule has 2 N–H and O–H groups in total. The Bertz CT molecular complexity index is 472. The van der Waals surface area contributed by atoms with E-state index < -0.39 is 5.60 Å². The summed E-state index contributed by atoms with van der Waals surface area (Å²) in [5.41, 5.74) is 0.361. The summed E-state index contributed by atoms with van der Waals surface area (Å²) in [5.74, 6) is -0.213. The molecule has 1 fully saturated rings. The molecule has 1 amide bonds. The number of aliphatic hydroxyl groups is 1. The minimum Gasteiger partial charge on any atom is -0.385 e. The summed E-state index contributed by atoms with van der Waals surface area (Å²) < 4.78 is 6.99. The van der Waals surface area contributed by atoms with Gasteiger partial charge in [-0.15, -0.1) is 0 Å². The van der Waals surface area contributed by atoms with Crippen LogP contribution >= 0.6 is 0 Å². The van der Waals surface area contributed by atoms with Gasteiger partial charge >= 0.3 is 0 Å². The normalized spacial score (nSPS) is 26.6. The van der Waals surface area contributed by atoms with Crippen molar-refractivity contribution in [3.05, 3.63) is 17.5 Å². The maximum absolute atomic E-state index is 12.1. The van der Waals surface area contributed by atoms with Crippen molar-refractivity contribution in [1.29, 1.82) is 0 Å². The predicted octanol–water partition coefficient (Wildman–Crippen LogP) is 0.481. The molecule has 6 nitrogen and oxygen atoms in total. The van der Waals surface area contributed by atoms with Gasteiger partial charge in [0.2, 0.25) is 0 Å². The van der Waals surface area contributed by atoms with E-state index >= 15 is 0 Å². The van der Waals surface area contributed by atoms with Gasteiger partial charge in [-0.2, -0.15) is 5.10 Å². The zero-order valence-corrected chi connectivity index (χ0v) is 11.6. The van der Waals surface area contributed by atoms with E-state index in [0.717, 1.165) is 5.69 Å². The molecule has 106 valence electrons. The third-order valence-electron chi connectivity index (χ3n) is 3.65. The summed E-state index contributed by atoms with van der Waals surface area (Å²) in [6.07, 6.45) is 0.283. The SMILES string of the molecule is CCn1nc(C)cc1C(=O)NCC1(O)CCOC1C. The van der Waals surface area contributed by atoms with E-state index in [-0.39, 0.29) is 18.6 Å². The molecule has 0 saturated carbocycles. The van der Waals surface area contributed by atoms with Gasteiger partial charge in [0.05, 0.1) is 11.8 Å². The fourth-order valence-electron chi connectivity index (χ4n) is 2.30. The Morgan fingerprint density at radius 1 is 1.74 bits per heavy atom. The average molecular weight is 267 g/mol. The Morgan fingerprint density at radius 2 is 2.47 bits per heavy atom. The second kappa shape index (κ2) is 5.30. The van der Waals surface area contributed by atoms with E-state index in [2.05, 4.69) is 10.4 Å². The molecule has 1 aliphatic heterocycles. The van der Waals surface area contributed by atoms with Crippen LogP contribution in [0.1, 0.15) is 36.5 Å². The van der Waals surface area contributed by atoms with Crippen molar-refractivity contribution in [1.82, 2.24) is 15.1 Å². The molecule has 6 heteroatoms. The van der Waals surface area contributed by atoms with Crippen molar-refractivity contribution in [2.75, 3.05) is 13.2 Å². The van der Waals surface area contributed by atoms with Crippen molar-refractivity contribution < 1.29 is 14.6 Å². The number of nitrogens with zero attached hydrogens (tertiary/aromatic N) is 2. The van der Waals surface area contributed by atoms with Crippen LogP contribution in [0.2, 0.25) is 0 Å². The lowest BCUT2D eigenvalue weighted by molar-refractivity contribution is -0.0252. The van der Waals surface area contributed by atoms with Gasteiger partial charge in [0.1, 0.15) is 11.3 Å². The highest BCUT2D eigenvalue weighted by molar-refractivity contribution is 5.92. The van der Waals surface area contributed by atoms with Gasteiger partial charge in [0, 0.05) is 26.1 Å². The first kappa shape index (κ1) is 14.0. The minimum absolute atomic E-state index is 0.195. The minimum atomic E-state index is -0.970. The van der Waals surface area contributed by atoms with Gasteiger partial charge < -0.3 is 15.2 Å². The summed E-state index contributed by atoms with van der Waals surface area (Å²) in [6.45, 7) is 6.97. The molecule has 0 spiro atoms. The van der Waals surface area contributed by atoms with Crippen LogP contribution in [-0.4, -0.2) is 45.7 Å². The Labute approximate surface area is 112 Å². The lowest BCUT2D eigenvalue weighted by Crippen LogP contribution is -2.47. The lowest BCUT2D eigenvalue weighted by atomic mass is 9.97. The van der Waals surface area contributed by atoms with Gasteiger partial charge in [0.25, 0.3) is 5.91 Å². The van der Waals surface area contributed by atoms with Crippen molar-refractivity contribution in [3.63, 3.8) is 0 Å². The van der Waals surface area contributed by atoms with E-state index in [1.54, 1.807) is 10.7 Å². The zero-order valence-electron chi connectivity index (χ0n) is 11.6. The Balaban J connectivity index is 2.01. The van der Waals surface area contributed by atoms with Crippen LogP contribution in [0, 0.1) is 6.92 Å². The second-order valence-electron chi connectivity index (χ2n) is 5.04. The smallest absolute Gasteiger partial charge is 0.269 e. The zero-order chi connectivity index (χ0) is 14.0. The van der Waals surface area contributed by atoms with E-state index in [9.17, 15) is 9.90 Å². The summed E-state index contributed by atoms with van der Waals surface area (Å²) in [6, 6.07) is 1.75. The highest BCUT2D eigenvalue weighted by atomic mass is 16.5. The molecule has 1 aromatic rings. The fraction of sp³-hybridized carbons (Fsp3) is 0.692. The third kappa shape index (κ3) is 2.79. The molecule has 1 aliphatic rings. The third-order valence-corrected chi connectivity index (χ3v) is 3.65. The maximum Gasteiger partial charge on any atom is 0.269 e. The van der Waals surface area contributed by atoms with Gasteiger partial charge in [-0.3, -0.25) is 9.48 Å². The average Bonchev–Trinajstić information content (AvgIpc) is 2.91. The van der Waals surface area contributed by atoms with Crippen LogP contribution in [0.4, 0.5) is 0 Å². The fourth-order valence-corrected chi connectivity index (χ4v) is 2.30. The molecule has 1 aromatic heterocycles. The van der Waals surface area contributed by atoms with Crippen LogP contribution in [0.3, 0.4) is 0 Å². The molecule has 0 radical (unpaired) electrons. The number of carbonyl (C=O) groups is 1. The van der Waals surface area contributed by atoms with Crippen LogP contribution < -0.4 is 5.32 Å². The van der Waals surface area contributed by atoms with Gasteiger partial charge in [-0.05, 0) is 26.8 Å². The number of aromatic nitrogens is 2. The second-order valence-corrected chi connectivity index (χ2v) is 5.04. The Kier molecular flexibility index (Phi) is 3.91. The maximum atomic E-state index is 12.1. The molecule has 2 heterocycles. The standard InChI is InChI=1S/C13H21N3O3/c1-4-16-11(7-9(2)15-16)12(17)14-8-13(18)5-6-19-10(13)3/h7,10,18H,4-6,8H2,1-3H3,(H,14,17). The van der Waals surface area contributed by atoms with Crippen molar-refractivity contribution in [3.8, 4) is 0 Å². The highest BCUT2D eigenvalue weighted by Crippen LogP contribution is 2.24. The molecular weight excluding hydrogens is 246 g/mol. The Hall–Kier alpha value is -1.40. The van der Waals surface area contributed by atoms with Crippen molar-refractivity contribution in [2.24, 2.45) is 0 Å². The molecule has 0 bridgehead atoms. The number of rotatable bonds is 4. The van der Waals surface area contributed by atoms with Gasteiger partial charge in [0.15, 0.2) is 0 Å². The van der Waals surface area contributed by atoms with Crippen LogP contribution in [0.5, 0.6) is 0 Å². The highest BCUT2D eigenvalue weighted by Gasteiger charge is 2.39. The summed E-state index contributed by atoms with van der Waals surface area (Å²) in [7, 11) is 0. The Morgan fingerprint density at radius 3 is 3.05 bits per heavy atom. The van der Waals surface area contributed by atoms with E-state index in [4.69, 9.17) is 4.74 Å². The number of ether oxygens (including phenoxy) is 1. The molecule has 19 heavy (non-hydrogen) atoms. The molecule has 1 saturated heterocycles. The first-order chi connectivity index (χ1) is 8.96. The number of aryl methyl sites for hydroxylation is 2. The summed E-state index contributed by atoms with van der Waals surface area (Å²) in [4.78, 5) is 12.1. The number of hydrogen-bond acceptors (Lipinski definition) is 4. The predicted molar refractivity (Wildman–Crippen MR) is 70.0 cm³/mol.